The van der Waals surface area contributed by atoms with E-state index < -0.39 is 0 Å². The molecule has 0 bridgehead atoms. The van der Waals surface area contributed by atoms with E-state index in [1.165, 1.54) is 11.1 Å². The molecule has 1 aromatic heterocycles. The third-order valence-electron chi connectivity index (χ3n) is 11.9. The molecule has 0 aliphatic carbocycles. The van der Waals surface area contributed by atoms with Gasteiger partial charge in [0, 0.05) is 81.3 Å². The number of nitrogens with zero attached hydrogens (tertiary/aromatic N) is 6. The van der Waals surface area contributed by atoms with Crippen molar-refractivity contribution in [1.82, 2.24) is 19.7 Å². The average molecular weight is 941 g/mol. The van der Waals surface area contributed by atoms with Crippen LogP contribution in [-0.2, 0) is 27.4 Å². The minimum atomic E-state index is -0.251. The lowest BCUT2D eigenvalue weighted by atomic mass is 10.1. The number of rotatable bonds is 23. The number of ether oxygens (including phenoxy) is 8. The van der Waals surface area contributed by atoms with Gasteiger partial charge in [0.05, 0.1) is 93.2 Å². The molecule has 7 rings (SSSR count). The Morgan fingerprint density at radius 2 is 1.16 bits per heavy atom. The van der Waals surface area contributed by atoms with Gasteiger partial charge >= 0.3 is 0 Å². The molecule has 4 aliphatic rings. The van der Waals surface area contributed by atoms with Gasteiger partial charge in [-0.2, -0.15) is 12.6 Å². The molecule has 0 N–H and O–H groups in total. The number of amides is 2. The fourth-order valence-corrected chi connectivity index (χ4v) is 8.65. The average Bonchev–Trinajstić information content (AvgIpc) is 3.89. The highest BCUT2D eigenvalue weighted by Crippen LogP contribution is 2.41. The van der Waals surface area contributed by atoms with E-state index in [1.54, 1.807) is 45.6 Å². The zero-order valence-corrected chi connectivity index (χ0v) is 40.6. The Hall–Kier alpha value is -5.46. The van der Waals surface area contributed by atoms with E-state index >= 15 is 0 Å². The van der Waals surface area contributed by atoms with Crippen LogP contribution in [0.25, 0.3) is 0 Å². The molecule has 2 atom stereocenters. The van der Waals surface area contributed by atoms with E-state index in [1.807, 2.05) is 48.2 Å². The van der Waals surface area contributed by atoms with Crippen LogP contribution in [0.3, 0.4) is 0 Å². The molecule has 2 fully saturated rings. The summed E-state index contributed by atoms with van der Waals surface area (Å²) in [6, 6.07) is 10.3. The minimum Gasteiger partial charge on any atom is -0.493 e. The van der Waals surface area contributed by atoms with E-state index in [2.05, 4.69) is 30.9 Å². The van der Waals surface area contributed by atoms with Gasteiger partial charge in [0.2, 0.25) is 0 Å². The summed E-state index contributed by atoms with van der Waals surface area (Å²) in [4.78, 5) is 47.8. The fourth-order valence-electron chi connectivity index (χ4n) is 8.45. The van der Waals surface area contributed by atoms with E-state index in [9.17, 15) is 9.59 Å². The van der Waals surface area contributed by atoms with Gasteiger partial charge in [-0.1, -0.05) is 23.3 Å². The number of aliphatic imine (C=N–C) groups is 2. The van der Waals surface area contributed by atoms with Gasteiger partial charge in [0.15, 0.2) is 23.0 Å². The minimum absolute atomic E-state index is 0.0362. The normalized spacial score (nSPS) is 18.8. The molecule has 0 unspecified atom stereocenters. The second-order valence-corrected chi connectivity index (χ2v) is 18.6. The maximum Gasteiger partial charge on any atom is 0.257 e. The summed E-state index contributed by atoms with van der Waals surface area (Å²) >= 11 is 4.81. The standard InChI is InChI=1S/C50H64N6O10S/c1-8-33-18-37-26-51-42-24-46(44(60-6)22-40(42)48(57)55(37)28-33)65-30-35-20-39(64-13-11-54(32-50(3,4)67)10-12-62-16-17-63-15-14-59-5)21-36(53-35)31-66-47-25-43-41(23-45(47)61-7)49(58)56-29-34(9-2)19-38(56)27-52-43/h8-9,20-27,37-38,67H,10-19,28-32H2,1-7H3/b33-8+,34-9+/t37-,38-/m0/s1. The lowest BCUT2D eigenvalue weighted by Gasteiger charge is -2.29. The van der Waals surface area contributed by atoms with Gasteiger partial charge in [-0.05, 0) is 52.7 Å². The van der Waals surface area contributed by atoms with Crippen LogP contribution in [0.5, 0.6) is 28.7 Å². The molecule has 16 nitrogen and oxygen atoms in total. The molecule has 0 saturated carbocycles. The number of carbonyl (C=O) groups excluding carboxylic acids is 2. The second kappa shape index (κ2) is 23.0. The van der Waals surface area contributed by atoms with Crippen LogP contribution in [0.1, 0.15) is 72.6 Å². The Kier molecular flexibility index (Phi) is 17.0. The van der Waals surface area contributed by atoms with Crippen LogP contribution in [0, 0.1) is 0 Å². The van der Waals surface area contributed by atoms with Gasteiger partial charge in [-0.15, -0.1) is 0 Å². The molecular formula is C50H64N6O10S. The van der Waals surface area contributed by atoms with Gasteiger partial charge in [0.1, 0.15) is 25.6 Å². The van der Waals surface area contributed by atoms with E-state index in [4.69, 9.17) is 65.5 Å². The number of hydrogen-bond donors (Lipinski definition) is 1. The number of allylic oxidation sites excluding steroid dienone is 2. The number of methoxy groups -OCH3 is 3. The monoisotopic (exact) mass is 940 g/mol. The Balaban J connectivity index is 1.09. The number of carbonyl (C=O) groups is 2. The maximum absolute atomic E-state index is 13.7. The SMILES string of the molecule is C/C=C1\C[C@H]2C=Nc3cc(OCc4cc(OCCN(CCOCCOCCOC)CC(C)(C)S)cc(COc5cc6c(cc5OC)C(=O)N5C/C(=C/C)C[C@H]5C=N6)n4)c(OC)cc3C(=O)N2C1. The molecule has 2 saturated heterocycles. The Morgan fingerprint density at radius 1 is 0.672 bits per heavy atom. The largest absolute Gasteiger partial charge is 0.493 e. The zero-order chi connectivity index (χ0) is 47.5. The maximum atomic E-state index is 13.7. The van der Waals surface area contributed by atoms with Crippen molar-refractivity contribution in [1.29, 1.82) is 0 Å². The zero-order valence-electron chi connectivity index (χ0n) is 39.7. The quantitative estimate of drug-likeness (QED) is 0.0587. The van der Waals surface area contributed by atoms with E-state index in [-0.39, 0.29) is 41.9 Å². The number of hydrogen-bond acceptors (Lipinski definition) is 15. The number of benzene rings is 2. The molecule has 2 amide bonds. The van der Waals surface area contributed by atoms with Crippen LogP contribution < -0.4 is 23.7 Å². The lowest BCUT2D eigenvalue weighted by Crippen LogP contribution is -2.39. The van der Waals surface area contributed by atoms with Crippen LogP contribution >= 0.6 is 12.6 Å². The van der Waals surface area contributed by atoms with E-state index in [0.29, 0.717) is 135 Å². The first-order chi connectivity index (χ1) is 32.4. The number of aromatic nitrogens is 1. The topological polar surface area (TPSA) is 155 Å². The van der Waals surface area contributed by atoms with Crippen molar-refractivity contribution < 1.29 is 47.5 Å². The highest BCUT2D eigenvalue weighted by Gasteiger charge is 2.36. The molecule has 4 aliphatic heterocycles. The summed E-state index contributed by atoms with van der Waals surface area (Å²) < 4.78 is 46.9. The van der Waals surface area contributed by atoms with Crippen LogP contribution in [0.2, 0.25) is 0 Å². The van der Waals surface area contributed by atoms with Crippen molar-refractivity contribution in [3.63, 3.8) is 0 Å². The highest BCUT2D eigenvalue weighted by atomic mass is 32.1. The summed E-state index contributed by atoms with van der Waals surface area (Å²) in [6.07, 6.45) is 9.31. The third-order valence-corrected chi connectivity index (χ3v) is 12.1. The van der Waals surface area contributed by atoms with Crippen molar-refractivity contribution in [2.24, 2.45) is 9.98 Å². The Labute approximate surface area is 399 Å². The van der Waals surface area contributed by atoms with Crippen molar-refractivity contribution in [2.75, 3.05) is 93.7 Å². The molecule has 360 valence electrons. The molecular weight excluding hydrogens is 877 g/mol. The molecule has 3 aromatic rings. The third kappa shape index (κ3) is 12.8. The van der Waals surface area contributed by atoms with Gasteiger partial charge in [-0.25, -0.2) is 0 Å². The molecule has 2 aromatic carbocycles. The summed E-state index contributed by atoms with van der Waals surface area (Å²) in [7, 11) is 4.73. The number of pyridine rings is 1. The van der Waals surface area contributed by atoms with E-state index in [0.717, 1.165) is 12.8 Å². The van der Waals surface area contributed by atoms with Crippen LogP contribution in [0.4, 0.5) is 11.4 Å². The predicted octanol–water partition coefficient (Wildman–Crippen LogP) is 7.08. The van der Waals surface area contributed by atoms with Crippen molar-refractivity contribution in [2.45, 2.75) is 70.6 Å². The fraction of sp³-hybridized carbons (Fsp3) is 0.500. The van der Waals surface area contributed by atoms with Crippen molar-refractivity contribution in [3.05, 3.63) is 82.2 Å². The first-order valence-electron chi connectivity index (χ1n) is 22.8. The summed E-state index contributed by atoms with van der Waals surface area (Å²) in [5, 5.41) is 0. The summed E-state index contributed by atoms with van der Waals surface area (Å²) in [5.41, 5.74) is 5.45. The first kappa shape index (κ1) is 49.4. The summed E-state index contributed by atoms with van der Waals surface area (Å²) in [5.74, 6) is 1.99. The number of fused-ring (bicyclic) bond motifs is 4. The van der Waals surface area contributed by atoms with Crippen molar-refractivity contribution >= 4 is 48.2 Å². The predicted molar refractivity (Wildman–Crippen MR) is 260 cm³/mol. The summed E-state index contributed by atoms with van der Waals surface area (Å²) in [6.45, 7) is 14.3. The van der Waals surface area contributed by atoms with Gasteiger partial charge < -0.3 is 47.7 Å². The Morgan fingerprint density at radius 3 is 1.64 bits per heavy atom. The molecule has 17 heteroatoms. The van der Waals surface area contributed by atoms with Gasteiger partial charge in [0.25, 0.3) is 11.8 Å². The highest BCUT2D eigenvalue weighted by molar-refractivity contribution is 7.81. The molecule has 5 heterocycles. The lowest BCUT2D eigenvalue weighted by molar-refractivity contribution is 0.0184. The number of thiol groups is 1. The second-order valence-electron chi connectivity index (χ2n) is 17.4. The first-order valence-corrected chi connectivity index (χ1v) is 23.2. The molecule has 67 heavy (non-hydrogen) atoms. The van der Waals surface area contributed by atoms with Crippen LogP contribution in [-0.4, -0.2) is 154 Å². The smallest absolute Gasteiger partial charge is 0.257 e. The molecule has 0 radical (unpaired) electrons. The van der Waals surface area contributed by atoms with Crippen molar-refractivity contribution in [3.8, 4) is 28.7 Å². The van der Waals surface area contributed by atoms with Crippen LogP contribution in [0.15, 0.2) is 69.7 Å². The molecule has 0 spiro atoms. The Bertz CT molecular complexity index is 2230. The van der Waals surface area contributed by atoms with Gasteiger partial charge in [-0.3, -0.25) is 29.5 Å².